The molecule has 0 unspecified atom stereocenters. The third-order valence-corrected chi connectivity index (χ3v) is 1.99. The fourth-order valence-electron chi connectivity index (χ4n) is 1.53. The van der Waals surface area contributed by atoms with Gasteiger partial charge in [-0.1, -0.05) is 6.92 Å². The lowest BCUT2D eigenvalue weighted by Crippen LogP contribution is -1.92. The molecule has 11 heavy (non-hydrogen) atoms. The molecule has 0 aliphatic heterocycles. The normalized spacial score (nSPS) is 10.2. The van der Waals surface area contributed by atoms with Crippen molar-refractivity contribution >= 4 is 0 Å². The standard InChI is InChI=1S/C10H15O/c1-5-10-7(2)6-8(3)11-9(10)4/h6H,5H2,1-4H3/q+1. The summed E-state index contributed by atoms with van der Waals surface area (Å²) in [6, 6.07) is 2.09. The molecule has 0 bridgehead atoms. The molecule has 0 aliphatic carbocycles. The lowest BCUT2D eigenvalue weighted by molar-refractivity contribution is 0.477. The Morgan fingerprint density at radius 1 is 1.27 bits per heavy atom. The molecule has 1 heterocycles. The summed E-state index contributed by atoms with van der Waals surface area (Å²) in [5.74, 6) is 2.06. The Morgan fingerprint density at radius 3 is 2.36 bits per heavy atom. The van der Waals surface area contributed by atoms with Gasteiger partial charge in [0.2, 0.25) is 0 Å². The first-order chi connectivity index (χ1) is 5.15. The summed E-state index contributed by atoms with van der Waals surface area (Å²) >= 11 is 0. The largest absolute Gasteiger partial charge is 0.329 e. The second-order valence-electron chi connectivity index (χ2n) is 2.93. The minimum Gasteiger partial charge on any atom is -0.218 e. The molecule has 60 valence electrons. The van der Waals surface area contributed by atoms with E-state index in [2.05, 4.69) is 19.9 Å². The maximum Gasteiger partial charge on any atom is 0.329 e. The number of aryl methyl sites for hydroxylation is 3. The molecule has 1 nitrogen and oxygen atoms in total. The van der Waals surface area contributed by atoms with Gasteiger partial charge in [-0.25, -0.2) is 4.42 Å². The Labute approximate surface area is 68.1 Å². The summed E-state index contributed by atoms with van der Waals surface area (Å²) in [6.45, 7) is 8.30. The van der Waals surface area contributed by atoms with Crippen LogP contribution in [-0.2, 0) is 6.42 Å². The minimum absolute atomic E-state index is 0.997. The van der Waals surface area contributed by atoms with E-state index in [1.807, 2.05) is 13.8 Å². The van der Waals surface area contributed by atoms with Gasteiger partial charge in [0.25, 0.3) is 0 Å². The summed E-state index contributed by atoms with van der Waals surface area (Å²) in [6.07, 6.45) is 1.06. The molecule has 1 aromatic heterocycles. The van der Waals surface area contributed by atoms with E-state index in [0.717, 1.165) is 17.9 Å². The van der Waals surface area contributed by atoms with Crippen LogP contribution in [0, 0.1) is 20.8 Å². The maximum atomic E-state index is 5.48. The van der Waals surface area contributed by atoms with Gasteiger partial charge in [-0.2, -0.15) is 0 Å². The van der Waals surface area contributed by atoms with E-state index in [1.54, 1.807) is 0 Å². The minimum atomic E-state index is 0.997. The van der Waals surface area contributed by atoms with Gasteiger partial charge < -0.3 is 0 Å². The van der Waals surface area contributed by atoms with Gasteiger partial charge in [0.15, 0.2) is 0 Å². The summed E-state index contributed by atoms with van der Waals surface area (Å²) in [7, 11) is 0. The van der Waals surface area contributed by atoms with Gasteiger partial charge in [0.05, 0.1) is 19.4 Å². The monoisotopic (exact) mass is 151 g/mol. The summed E-state index contributed by atoms with van der Waals surface area (Å²) < 4.78 is 5.48. The molecule has 0 amide bonds. The van der Waals surface area contributed by atoms with E-state index in [0.29, 0.717) is 0 Å². The average molecular weight is 151 g/mol. The molecule has 0 N–H and O–H groups in total. The predicted octanol–water partition coefficient (Wildman–Crippen LogP) is 3.05. The molecular formula is C10H15O+. The highest BCUT2D eigenvalue weighted by Gasteiger charge is 2.12. The van der Waals surface area contributed by atoms with Crippen LogP contribution in [0.4, 0.5) is 0 Å². The predicted molar refractivity (Wildman–Crippen MR) is 46.7 cm³/mol. The summed E-state index contributed by atoms with van der Waals surface area (Å²) in [4.78, 5) is 0. The molecule has 0 saturated carbocycles. The zero-order valence-corrected chi connectivity index (χ0v) is 7.69. The van der Waals surface area contributed by atoms with Crippen LogP contribution in [-0.4, -0.2) is 0 Å². The lowest BCUT2D eigenvalue weighted by atomic mass is 10.1. The Morgan fingerprint density at radius 2 is 1.91 bits per heavy atom. The number of rotatable bonds is 1. The van der Waals surface area contributed by atoms with Crippen molar-refractivity contribution in [2.45, 2.75) is 34.1 Å². The average Bonchev–Trinajstić information content (AvgIpc) is 1.85. The number of hydrogen-bond acceptors (Lipinski definition) is 0. The zero-order chi connectivity index (χ0) is 8.43. The zero-order valence-electron chi connectivity index (χ0n) is 7.69. The fourth-order valence-corrected chi connectivity index (χ4v) is 1.53. The van der Waals surface area contributed by atoms with Gasteiger partial charge in [-0.05, 0) is 18.9 Å². The van der Waals surface area contributed by atoms with Gasteiger partial charge in [-0.15, -0.1) is 0 Å². The van der Waals surface area contributed by atoms with E-state index in [1.165, 1.54) is 11.1 Å². The molecule has 0 aromatic carbocycles. The summed E-state index contributed by atoms with van der Waals surface area (Å²) in [5, 5.41) is 0. The third-order valence-electron chi connectivity index (χ3n) is 1.99. The quantitative estimate of drug-likeness (QED) is 0.561. The number of hydrogen-bond donors (Lipinski definition) is 0. The van der Waals surface area contributed by atoms with Crippen LogP contribution in [0.1, 0.15) is 29.6 Å². The van der Waals surface area contributed by atoms with Crippen LogP contribution in [0.5, 0.6) is 0 Å². The maximum absolute atomic E-state index is 5.48. The fraction of sp³-hybridized carbons (Fsp3) is 0.500. The van der Waals surface area contributed by atoms with Crippen LogP contribution in [0.25, 0.3) is 0 Å². The molecule has 0 radical (unpaired) electrons. The van der Waals surface area contributed by atoms with Gasteiger partial charge in [-0.3, -0.25) is 0 Å². The van der Waals surface area contributed by atoms with Crippen LogP contribution < -0.4 is 0 Å². The molecule has 0 fully saturated rings. The molecular weight excluding hydrogens is 136 g/mol. The van der Waals surface area contributed by atoms with Gasteiger partial charge in [0.1, 0.15) is 0 Å². The van der Waals surface area contributed by atoms with Crippen molar-refractivity contribution in [3.8, 4) is 0 Å². The molecule has 0 atom stereocenters. The smallest absolute Gasteiger partial charge is 0.218 e. The van der Waals surface area contributed by atoms with Crippen LogP contribution >= 0.6 is 0 Å². The van der Waals surface area contributed by atoms with Crippen molar-refractivity contribution < 1.29 is 4.42 Å². The Bertz CT molecular complexity index is 241. The first-order valence-electron chi connectivity index (χ1n) is 4.05. The Kier molecular flexibility index (Phi) is 2.28. The summed E-state index contributed by atoms with van der Waals surface area (Å²) in [5.41, 5.74) is 2.68. The van der Waals surface area contributed by atoms with Crippen molar-refractivity contribution in [2.24, 2.45) is 0 Å². The van der Waals surface area contributed by atoms with Crippen LogP contribution in [0.15, 0.2) is 10.5 Å². The van der Waals surface area contributed by atoms with Crippen molar-refractivity contribution in [2.75, 3.05) is 0 Å². The van der Waals surface area contributed by atoms with Crippen molar-refractivity contribution in [3.05, 3.63) is 28.7 Å². The Hall–Kier alpha value is -0.850. The third kappa shape index (κ3) is 1.59. The van der Waals surface area contributed by atoms with E-state index in [-0.39, 0.29) is 0 Å². The Balaban J connectivity index is 3.25. The van der Waals surface area contributed by atoms with E-state index in [4.69, 9.17) is 4.42 Å². The topological polar surface area (TPSA) is 11.3 Å². The molecule has 1 aromatic rings. The molecule has 1 heteroatoms. The highest BCUT2D eigenvalue weighted by molar-refractivity contribution is 5.27. The highest BCUT2D eigenvalue weighted by atomic mass is 16.3. The second-order valence-corrected chi connectivity index (χ2v) is 2.93. The molecule has 1 rings (SSSR count). The second kappa shape index (κ2) is 3.04. The highest BCUT2D eigenvalue weighted by Crippen LogP contribution is 2.16. The van der Waals surface area contributed by atoms with Crippen LogP contribution in [0.2, 0.25) is 0 Å². The van der Waals surface area contributed by atoms with Crippen molar-refractivity contribution in [1.29, 1.82) is 0 Å². The van der Waals surface area contributed by atoms with Gasteiger partial charge in [0, 0.05) is 6.07 Å². The van der Waals surface area contributed by atoms with E-state index < -0.39 is 0 Å². The lowest BCUT2D eigenvalue weighted by Gasteiger charge is -1.97. The van der Waals surface area contributed by atoms with Crippen LogP contribution in [0.3, 0.4) is 0 Å². The first kappa shape index (κ1) is 8.25. The first-order valence-corrected chi connectivity index (χ1v) is 4.05. The van der Waals surface area contributed by atoms with Crippen molar-refractivity contribution in [3.63, 3.8) is 0 Å². The molecule has 0 spiro atoms. The van der Waals surface area contributed by atoms with Crippen molar-refractivity contribution in [1.82, 2.24) is 0 Å². The SMILES string of the molecule is CCc1c(C)cc(C)[o+]c1C. The van der Waals surface area contributed by atoms with E-state index >= 15 is 0 Å². The van der Waals surface area contributed by atoms with Gasteiger partial charge >= 0.3 is 11.5 Å². The molecule has 0 saturated heterocycles. The van der Waals surface area contributed by atoms with E-state index in [9.17, 15) is 0 Å². The molecule has 0 aliphatic rings.